The molecule has 0 heterocycles. The molecule has 2 rings (SSSR count). The summed E-state index contributed by atoms with van der Waals surface area (Å²) in [6.07, 6.45) is 7.94. The molecular weight excluding hydrogens is 332 g/mol. The normalized spacial score (nSPS) is 45.6. The molecule has 0 saturated heterocycles. The summed E-state index contributed by atoms with van der Waals surface area (Å²) in [6.45, 7) is 16.5. The van der Waals surface area contributed by atoms with Crippen LogP contribution in [-0.2, 0) is 4.79 Å². The van der Waals surface area contributed by atoms with Crippen molar-refractivity contribution in [3.8, 4) is 0 Å². The lowest BCUT2D eigenvalue weighted by atomic mass is 9.59. The molecule has 2 aliphatic rings. The van der Waals surface area contributed by atoms with Gasteiger partial charge < -0.3 is 5.11 Å². The maximum absolute atomic E-state index is 12.2. The number of rotatable bonds is 4. The van der Waals surface area contributed by atoms with Gasteiger partial charge in [0.05, 0.1) is 6.10 Å². The molecule has 2 nitrogen and oxygen atoms in total. The van der Waals surface area contributed by atoms with Gasteiger partial charge in [-0.15, -0.1) is 0 Å². The molecule has 1 N–H and O–H groups in total. The van der Waals surface area contributed by atoms with Crippen LogP contribution in [0.15, 0.2) is 0 Å². The van der Waals surface area contributed by atoms with Gasteiger partial charge in [0.15, 0.2) is 0 Å². The minimum Gasteiger partial charge on any atom is -0.393 e. The predicted octanol–water partition coefficient (Wildman–Crippen LogP) is 6.50. The highest BCUT2D eigenvalue weighted by Gasteiger charge is 2.52. The highest BCUT2D eigenvalue weighted by molar-refractivity contribution is 5.78. The molecule has 0 spiro atoms. The molecule has 0 aromatic carbocycles. The fourth-order valence-electron chi connectivity index (χ4n) is 6.83. The van der Waals surface area contributed by atoms with Crippen LogP contribution >= 0.6 is 0 Å². The zero-order valence-electron chi connectivity index (χ0n) is 19.1. The SMILES string of the molecule is CC[C@@H](C)C1CC[C@@H]([C@@H]2C(O)C[C@@H](C)CC(=O)CC[C@H](C)[C@H]2C)[C@]1(C)CC. The number of aliphatic hydroxyl groups is 1. The van der Waals surface area contributed by atoms with E-state index in [1.807, 2.05) is 0 Å². The van der Waals surface area contributed by atoms with Crippen molar-refractivity contribution in [3.63, 3.8) is 0 Å². The van der Waals surface area contributed by atoms with E-state index >= 15 is 0 Å². The monoisotopic (exact) mass is 378 g/mol. The van der Waals surface area contributed by atoms with Crippen molar-refractivity contribution in [1.29, 1.82) is 0 Å². The highest BCUT2D eigenvalue weighted by Crippen LogP contribution is 2.58. The Morgan fingerprint density at radius 3 is 2.41 bits per heavy atom. The first kappa shape index (κ1) is 22.9. The molecule has 0 radical (unpaired) electrons. The summed E-state index contributed by atoms with van der Waals surface area (Å²) in [5.41, 5.74) is 0.332. The van der Waals surface area contributed by atoms with E-state index in [0.717, 1.165) is 31.1 Å². The molecule has 0 bridgehead atoms. The second kappa shape index (κ2) is 9.42. The lowest BCUT2D eigenvalue weighted by Crippen LogP contribution is -2.44. The lowest BCUT2D eigenvalue weighted by Gasteiger charge is -2.47. The van der Waals surface area contributed by atoms with Crippen LogP contribution in [0.1, 0.15) is 99.8 Å². The third kappa shape index (κ3) is 4.80. The van der Waals surface area contributed by atoms with Gasteiger partial charge in [0, 0.05) is 12.8 Å². The van der Waals surface area contributed by atoms with Crippen molar-refractivity contribution in [2.24, 2.45) is 46.8 Å². The molecule has 2 heteroatoms. The lowest BCUT2D eigenvalue weighted by molar-refractivity contribution is -0.121. The average Bonchev–Trinajstić information content (AvgIpc) is 2.96. The number of carbonyl (C=O) groups is 1. The molecule has 2 unspecified atom stereocenters. The number of carbonyl (C=O) groups excluding carboxylic acids is 1. The van der Waals surface area contributed by atoms with E-state index in [1.165, 1.54) is 25.7 Å². The van der Waals surface area contributed by atoms with Crippen LogP contribution in [0.3, 0.4) is 0 Å². The molecule has 0 amide bonds. The summed E-state index contributed by atoms with van der Waals surface area (Å²) in [4.78, 5) is 12.2. The van der Waals surface area contributed by atoms with E-state index in [1.54, 1.807) is 0 Å². The van der Waals surface area contributed by atoms with E-state index in [-0.39, 0.29) is 6.10 Å². The summed E-state index contributed by atoms with van der Waals surface area (Å²) in [5, 5.41) is 11.4. The Bertz CT molecular complexity index is 487. The molecule has 2 saturated carbocycles. The standard InChI is InChI=1S/C25H46O2/c1-8-17(4)21-12-13-22(25(21,7)9-2)24-19(6)18(5)10-11-20(26)14-16(3)15-23(24)27/h16-19,21-24,27H,8-15H2,1-7H3/t16-,17+,18-,19+,21?,22-,23?,24+,25+/m0/s1. The summed E-state index contributed by atoms with van der Waals surface area (Å²) in [5.74, 6) is 4.20. The molecule has 9 atom stereocenters. The van der Waals surface area contributed by atoms with Gasteiger partial charge in [-0.25, -0.2) is 0 Å². The van der Waals surface area contributed by atoms with Gasteiger partial charge in [-0.2, -0.15) is 0 Å². The summed E-state index contributed by atoms with van der Waals surface area (Å²) < 4.78 is 0. The molecule has 158 valence electrons. The van der Waals surface area contributed by atoms with Crippen molar-refractivity contribution in [3.05, 3.63) is 0 Å². The number of hydrogen-bond donors (Lipinski definition) is 1. The predicted molar refractivity (Wildman–Crippen MR) is 115 cm³/mol. The van der Waals surface area contributed by atoms with Crippen LogP contribution in [0.4, 0.5) is 0 Å². The van der Waals surface area contributed by atoms with Gasteiger partial charge in [-0.05, 0) is 72.5 Å². The van der Waals surface area contributed by atoms with Crippen LogP contribution in [0.2, 0.25) is 0 Å². The fourth-order valence-corrected chi connectivity index (χ4v) is 6.83. The Morgan fingerprint density at radius 2 is 1.81 bits per heavy atom. The van der Waals surface area contributed by atoms with Gasteiger partial charge in [0.2, 0.25) is 0 Å². The molecule has 2 fully saturated rings. The van der Waals surface area contributed by atoms with E-state index in [2.05, 4.69) is 48.5 Å². The van der Waals surface area contributed by atoms with Gasteiger partial charge >= 0.3 is 0 Å². The summed E-state index contributed by atoms with van der Waals surface area (Å²) in [7, 11) is 0. The van der Waals surface area contributed by atoms with E-state index < -0.39 is 0 Å². The van der Waals surface area contributed by atoms with Gasteiger partial charge in [0.1, 0.15) is 5.78 Å². The minimum absolute atomic E-state index is 0.269. The molecule has 2 aliphatic carbocycles. The Morgan fingerprint density at radius 1 is 1.15 bits per heavy atom. The first-order valence-electron chi connectivity index (χ1n) is 11.8. The van der Waals surface area contributed by atoms with Gasteiger partial charge in [-0.1, -0.05) is 61.3 Å². The third-order valence-corrected chi connectivity index (χ3v) is 9.09. The molecule has 27 heavy (non-hydrogen) atoms. The van der Waals surface area contributed by atoms with E-state index in [9.17, 15) is 9.90 Å². The fraction of sp³-hybridized carbons (Fsp3) is 0.960. The first-order chi connectivity index (χ1) is 12.7. The number of aliphatic hydroxyl groups excluding tert-OH is 1. The van der Waals surface area contributed by atoms with Crippen LogP contribution in [0, 0.1) is 46.8 Å². The Kier molecular flexibility index (Phi) is 7.99. The Labute approximate surface area is 168 Å². The largest absolute Gasteiger partial charge is 0.393 e. The zero-order valence-corrected chi connectivity index (χ0v) is 19.1. The minimum atomic E-state index is -0.269. The van der Waals surface area contributed by atoms with Crippen molar-refractivity contribution in [2.45, 2.75) is 106 Å². The topological polar surface area (TPSA) is 37.3 Å². The third-order valence-electron chi connectivity index (χ3n) is 9.09. The van der Waals surface area contributed by atoms with Crippen LogP contribution < -0.4 is 0 Å². The number of hydrogen-bond acceptors (Lipinski definition) is 2. The molecule has 0 aliphatic heterocycles. The maximum atomic E-state index is 12.2. The Balaban J connectivity index is 2.34. The van der Waals surface area contributed by atoms with Crippen molar-refractivity contribution < 1.29 is 9.90 Å². The second-order valence-corrected chi connectivity index (χ2v) is 10.6. The number of Topliss-reactive ketones (excluding diaryl/α,β-unsaturated/α-hetero) is 1. The second-order valence-electron chi connectivity index (χ2n) is 10.6. The van der Waals surface area contributed by atoms with Crippen LogP contribution in [0.5, 0.6) is 0 Å². The van der Waals surface area contributed by atoms with Gasteiger partial charge in [-0.3, -0.25) is 4.79 Å². The summed E-state index contributed by atoms with van der Waals surface area (Å²) >= 11 is 0. The van der Waals surface area contributed by atoms with Crippen molar-refractivity contribution >= 4 is 5.78 Å². The van der Waals surface area contributed by atoms with E-state index in [4.69, 9.17) is 0 Å². The quantitative estimate of drug-likeness (QED) is 0.606. The summed E-state index contributed by atoms with van der Waals surface area (Å²) in [6, 6.07) is 0. The smallest absolute Gasteiger partial charge is 0.133 e. The van der Waals surface area contributed by atoms with Crippen molar-refractivity contribution in [1.82, 2.24) is 0 Å². The average molecular weight is 379 g/mol. The van der Waals surface area contributed by atoms with Gasteiger partial charge in [0.25, 0.3) is 0 Å². The highest BCUT2D eigenvalue weighted by atomic mass is 16.3. The van der Waals surface area contributed by atoms with Crippen molar-refractivity contribution in [2.75, 3.05) is 0 Å². The van der Waals surface area contributed by atoms with Crippen LogP contribution in [0.25, 0.3) is 0 Å². The molecule has 0 aromatic heterocycles. The molecule has 0 aromatic rings. The first-order valence-corrected chi connectivity index (χ1v) is 11.8. The molecular formula is C25H46O2. The maximum Gasteiger partial charge on any atom is 0.133 e. The van der Waals surface area contributed by atoms with E-state index in [0.29, 0.717) is 47.2 Å². The number of ketones is 1. The Hall–Kier alpha value is -0.370. The van der Waals surface area contributed by atoms with Crippen LogP contribution in [-0.4, -0.2) is 17.0 Å². The zero-order chi connectivity index (χ0) is 20.4.